The fourth-order valence-corrected chi connectivity index (χ4v) is 1.76. The number of carbonyl (C=O) groups is 2. The highest BCUT2D eigenvalue weighted by Gasteiger charge is 2.15. The lowest BCUT2D eigenvalue weighted by atomic mass is 10.2. The van der Waals surface area contributed by atoms with Crippen molar-refractivity contribution >= 4 is 29.2 Å². The molecule has 0 saturated heterocycles. The average Bonchev–Trinajstić information content (AvgIpc) is 2.77. The Bertz CT molecular complexity index is 648. The number of amides is 1. The van der Waals surface area contributed by atoms with Crippen molar-refractivity contribution in [2.45, 2.75) is 6.92 Å². The zero-order chi connectivity index (χ0) is 14.0. The number of hydrogen-bond acceptors (Lipinski definition) is 3. The van der Waals surface area contributed by atoms with Gasteiger partial charge in [0.05, 0.1) is 16.8 Å². The number of benzene rings is 1. The van der Waals surface area contributed by atoms with Crippen LogP contribution >= 0.6 is 11.6 Å². The van der Waals surface area contributed by atoms with E-state index in [0.29, 0.717) is 11.3 Å². The highest BCUT2D eigenvalue weighted by atomic mass is 35.5. The van der Waals surface area contributed by atoms with Gasteiger partial charge >= 0.3 is 5.97 Å². The molecule has 0 atom stereocenters. The smallest absolute Gasteiger partial charge is 0.337 e. The third-order valence-corrected chi connectivity index (χ3v) is 2.85. The third kappa shape index (κ3) is 2.77. The summed E-state index contributed by atoms with van der Waals surface area (Å²) in [6, 6.07) is 5.89. The van der Waals surface area contributed by atoms with Crippen LogP contribution in [0.15, 0.2) is 34.9 Å². The summed E-state index contributed by atoms with van der Waals surface area (Å²) in [7, 11) is 0. The van der Waals surface area contributed by atoms with Gasteiger partial charge in [-0.05, 0) is 31.2 Å². The number of nitrogens with one attached hydrogen (secondary N) is 1. The molecular formula is C13H10ClNO4. The Kier molecular flexibility index (Phi) is 3.57. The van der Waals surface area contributed by atoms with Crippen LogP contribution in [0.2, 0.25) is 5.02 Å². The summed E-state index contributed by atoms with van der Waals surface area (Å²) < 4.78 is 5.05. The zero-order valence-electron chi connectivity index (χ0n) is 9.94. The first kappa shape index (κ1) is 13.2. The Morgan fingerprint density at radius 2 is 2.05 bits per heavy atom. The second kappa shape index (κ2) is 5.16. The van der Waals surface area contributed by atoms with Crippen LogP contribution in [-0.4, -0.2) is 17.0 Å². The van der Waals surface area contributed by atoms with Gasteiger partial charge in [0.2, 0.25) is 0 Å². The van der Waals surface area contributed by atoms with Crippen molar-refractivity contribution in [1.29, 1.82) is 0 Å². The molecule has 2 rings (SSSR count). The normalized spacial score (nSPS) is 10.2. The topological polar surface area (TPSA) is 79.5 Å². The summed E-state index contributed by atoms with van der Waals surface area (Å²) >= 11 is 5.74. The lowest BCUT2D eigenvalue weighted by molar-refractivity contribution is 0.0696. The minimum Gasteiger partial charge on any atom is -0.478 e. The highest BCUT2D eigenvalue weighted by Crippen LogP contribution is 2.21. The van der Waals surface area contributed by atoms with Gasteiger partial charge < -0.3 is 14.8 Å². The fraction of sp³-hybridized carbons (Fsp3) is 0.0769. The lowest BCUT2D eigenvalue weighted by Crippen LogP contribution is -2.12. The number of furan rings is 1. The lowest BCUT2D eigenvalue weighted by Gasteiger charge is -2.06. The van der Waals surface area contributed by atoms with E-state index in [1.807, 2.05) is 0 Å². The van der Waals surface area contributed by atoms with Crippen LogP contribution < -0.4 is 5.32 Å². The number of halogens is 1. The second-order valence-electron chi connectivity index (χ2n) is 3.89. The standard InChI is InChI=1S/C13H10ClNO4/c1-7-4-5-19-11(7)12(16)15-8-2-3-10(14)9(6-8)13(17)18/h2-6H,1H3,(H,15,16)(H,17,18). The van der Waals surface area contributed by atoms with Gasteiger partial charge in [-0.25, -0.2) is 4.79 Å². The molecule has 0 unspecified atom stereocenters. The molecule has 5 nitrogen and oxygen atoms in total. The first-order valence-corrected chi connectivity index (χ1v) is 5.75. The van der Waals surface area contributed by atoms with Crippen molar-refractivity contribution in [3.8, 4) is 0 Å². The number of aromatic carboxylic acids is 1. The van der Waals surface area contributed by atoms with Gasteiger partial charge in [-0.2, -0.15) is 0 Å². The molecule has 0 bridgehead atoms. The number of carboxylic acids is 1. The first-order chi connectivity index (χ1) is 8.99. The molecule has 0 fully saturated rings. The molecule has 2 aromatic rings. The molecule has 1 amide bonds. The molecule has 1 aromatic heterocycles. The van der Waals surface area contributed by atoms with Crippen LogP contribution in [0, 0.1) is 6.92 Å². The van der Waals surface area contributed by atoms with Crippen molar-refractivity contribution in [2.75, 3.05) is 5.32 Å². The maximum atomic E-state index is 11.9. The van der Waals surface area contributed by atoms with Crippen molar-refractivity contribution in [3.63, 3.8) is 0 Å². The summed E-state index contributed by atoms with van der Waals surface area (Å²) in [6.07, 6.45) is 1.41. The summed E-state index contributed by atoms with van der Waals surface area (Å²) in [5.74, 6) is -1.41. The van der Waals surface area contributed by atoms with E-state index in [1.165, 1.54) is 24.5 Å². The van der Waals surface area contributed by atoms with E-state index in [1.54, 1.807) is 13.0 Å². The number of carboxylic acid groups (broad SMARTS) is 1. The monoisotopic (exact) mass is 279 g/mol. The molecule has 98 valence electrons. The highest BCUT2D eigenvalue weighted by molar-refractivity contribution is 6.33. The van der Waals surface area contributed by atoms with Gasteiger partial charge in [-0.1, -0.05) is 11.6 Å². The quantitative estimate of drug-likeness (QED) is 0.904. The maximum absolute atomic E-state index is 11.9. The Morgan fingerprint density at radius 1 is 1.32 bits per heavy atom. The SMILES string of the molecule is Cc1ccoc1C(=O)Nc1ccc(Cl)c(C(=O)O)c1. The van der Waals surface area contributed by atoms with E-state index in [0.717, 1.165) is 0 Å². The number of carbonyl (C=O) groups excluding carboxylic acids is 1. The summed E-state index contributed by atoms with van der Waals surface area (Å²) in [5, 5.41) is 11.6. The predicted molar refractivity (Wildman–Crippen MR) is 69.8 cm³/mol. The Morgan fingerprint density at radius 3 is 2.63 bits per heavy atom. The molecular weight excluding hydrogens is 270 g/mol. The van der Waals surface area contributed by atoms with Crippen molar-refractivity contribution in [1.82, 2.24) is 0 Å². The fourth-order valence-electron chi connectivity index (χ4n) is 1.56. The largest absolute Gasteiger partial charge is 0.478 e. The van der Waals surface area contributed by atoms with Crippen LogP contribution in [0.5, 0.6) is 0 Å². The molecule has 1 aromatic carbocycles. The van der Waals surface area contributed by atoms with Crippen molar-refractivity contribution < 1.29 is 19.1 Å². The van der Waals surface area contributed by atoms with Gasteiger partial charge in [0.15, 0.2) is 5.76 Å². The Labute approximate surface area is 113 Å². The van der Waals surface area contributed by atoms with Crippen LogP contribution in [0.4, 0.5) is 5.69 Å². The van der Waals surface area contributed by atoms with Crippen molar-refractivity contribution in [2.24, 2.45) is 0 Å². The first-order valence-electron chi connectivity index (χ1n) is 5.37. The molecule has 0 radical (unpaired) electrons. The van der Waals surface area contributed by atoms with E-state index in [-0.39, 0.29) is 16.3 Å². The van der Waals surface area contributed by atoms with Gasteiger partial charge in [0.25, 0.3) is 5.91 Å². The molecule has 0 aliphatic heterocycles. The van der Waals surface area contributed by atoms with Crippen molar-refractivity contribution in [3.05, 3.63) is 52.4 Å². The summed E-state index contributed by atoms with van der Waals surface area (Å²) in [5.41, 5.74) is 0.961. The average molecular weight is 280 g/mol. The molecule has 6 heteroatoms. The Hall–Kier alpha value is -2.27. The molecule has 0 spiro atoms. The molecule has 0 aliphatic carbocycles. The minimum atomic E-state index is -1.16. The van der Waals surface area contributed by atoms with Gasteiger partial charge in [-0.3, -0.25) is 4.79 Å². The summed E-state index contributed by atoms with van der Waals surface area (Å²) in [4.78, 5) is 22.8. The second-order valence-corrected chi connectivity index (χ2v) is 4.29. The summed E-state index contributed by atoms with van der Waals surface area (Å²) in [6.45, 7) is 1.74. The zero-order valence-corrected chi connectivity index (χ0v) is 10.7. The van der Waals surface area contributed by atoms with Crippen LogP contribution in [-0.2, 0) is 0 Å². The van der Waals surface area contributed by atoms with Gasteiger partial charge in [0.1, 0.15) is 0 Å². The molecule has 19 heavy (non-hydrogen) atoms. The number of hydrogen-bond donors (Lipinski definition) is 2. The van der Waals surface area contributed by atoms with Crippen LogP contribution in [0.25, 0.3) is 0 Å². The van der Waals surface area contributed by atoms with Gasteiger partial charge in [-0.15, -0.1) is 0 Å². The molecule has 1 heterocycles. The third-order valence-electron chi connectivity index (χ3n) is 2.52. The van der Waals surface area contributed by atoms with E-state index >= 15 is 0 Å². The van der Waals surface area contributed by atoms with E-state index < -0.39 is 11.9 Å². The minimum absolute atomic E-state index is 0.0735. The van der Waals surface area contributed by atoms with Crippen LogP contribution in [0.3, 0.4) is 0 Å². The molecule has 2 N–H and O–H groups in total. The predicted octanol–water partition coefficient (Wildman–Crippen LogP) is 3.19. The molecule has 0 saturated carbocycles. The maximum Gasteiger partial charge on any atom is 0.337 e. The Balaban J connectivity index is 2.25. The van der Waals surface area contributed by atoms with E-state index in [2.05, 4.69) is 5.32 Å². The van der Waals surface area contributed by atoms with Crippen LogP contribution in [0.1, 0.15) is 26.5 Å². The number of aryl methyl sites for hydroxylation is 1. The number of rotatable bonds is 3. The molecule has 0 aliphatic rings. The number of anilines is 1. The van der Waals surface area contributed by atoms with E-state index in [4.69, 9.17) is 21.1 Å². The van der Waals surface area contributed by atoms with E-state index in [9.17, 15) is 9.59 Å². The van der Waals surface area contributed by atoms with Gasteiger partial charge in [0, 0.05) is 11.3 Å².